The highest BCUT2D eigenvalue weighted by atomic mass is 32.2. The first kappa shape index (κ1) is 19.1. The van der Waals surface area contributed by atoms with Gasteiger partial charge in [0.15, 0.2) is 6.10 Å². The van der Waals surface area contributed by atoms with E-state index in [2.05, 4.69) is 5.32 Å². The van der Waals surface area contributed by atoms with E-state index in [-0.39, 0.29) is 4.90 Å². The molecule has 0 fully saturated rings. The summed E-state index contributed by atoms with van der Waals surface area (Å²) in [4.78, 5) is 12.5. The number of benzene rings is 2. The van der Waals surface area contributed by atoms with Crippen LogP contribution in [0.1, 0.15) is 37.0 Å². The van der Waals surface area contributed by atoms with Gasteiger partial charge in [-0.25, -0.2) is 4.18 Å². The molecular formula is C19H23NO4S. The number of aryl methyl sites for hydroxylation is 1. The van der Waals surface area contributed by atoms with Gasteiger partial charge in [0, 0.05) is 6.54 Å². The first-order valence-electron chi connectivity index (χ1n) is 8.26. The van der Waals surface area contributed by atoms with E-state index < -0.39 is 22.1 Å². The molecule has 0 aliphatic heterocycles. The van der Waals surface area contributed by atoms with Crippen LogP contribution in [0.25, 0.3) is 0 Å². The molecule has 25 heavy (non-hydrogen) atoms. The van der Waals surface area contributed by atoms with Crippen molar-refractivity contribution < 1.29 is 17.4 Å². The van der Waals surface area contributed by atoms with E-state index in [1.165, 1.54) is 12.1 Å². The maximum absolute atomic E-state index is 12.6. The molecule has 0 bridgehead atoms. The molecule has 134 valence electrons. The van der Waals surface area contributed by atoms with Gasteiger partial charge in [0.25, 0.3) is 16.0 Å². The van der Waals surface area contributed by atoms with E-state index in [0.717, 1.165) is 18.4 Å². The predicted molar refractivity (Wildman–Crippen MR) is 96.6 cm³/mol. The van der Waals surface area contributed by atoms with Crippen LogP contribution in [-0.4, -0.2) is 20.9 Å². The Morgan fingerprint density at radius 2 is 1.72 bits per heavy atom. The van der Waals surface area contributed by atoms with Gasteiger partial charge in [0.1, 0.15) is 0 Å². The zero-order valence-electron chi connectivity index (χ0n) is 14.4. The second kappa shape index (κ2) is 8.78. The topological polar surface area (TPSA) is 72.5 Å². The van der Waals surface area contributed by atoms with Gasteiger partial charge in [-0.1, -0.05) is 61.4 Å². The Balaban J connectivity index is 2.26. The van der Waals surface area contributed by atoms with Gasteiger partial charge in [-0.05, 0) is 31.0 Å². The van der Waals surface area contributed by atoms with Gasteiger partial charge in [0.2, 0.25) is 0 Å². The van der Waals surface area contributed by atoms with Crippen LogP contribution in [0.3, 0.4) is 0 Å². The number of unbranched alkanes of at least 4 members (excludes halogenated alkanes) is 1. The Labute approximate surface area is 149 Å². The van der Waals surface area contributed by atoms with Gasteiger partial charge in [-0.15, -0.1) is 0 Å². The molecule has 0 aliphatic carbocycles. The maximum Gasteiger partial charge on any atom is 0.298 e. The molecule has 1 atom stereocenters. The standard InChI is InChI=1S/C19H23NO4S/c1-3-4-14-20-19(21)18(16-8-6-5-7-9-16)24-25(22,23)17-12-10-15(2)11-13-17/h5-13,18H,3-4,14H2,1-2H3,(H,20,21)/t18-/m0/s1. The number of carbonyl (C=O) groups excluding carboxylic acids is 1. The number of hydrogen-bond donors (Lipinski definition) is 1. The summed E-state index contributed by atoms with van der Waals surface area (Å²) in [6.07, 6.45) is 0.529. The van der Waals surface area contributed by atoms with E-state index in [1.54, 1.807) is 42.5 Å². The lowest BCUT2D eigenvalue weighted by molar-refractivity contribution is -0.128. The molecule has 0 spiro atoms. The summed E-state index contributed by atoms with van der Waals surface area (Å²) in [5, 5.41) is 2.74. The number of hydrogen-bond acceptors (Lipinski definition) is 4. The SMILES string of the molecule is CCCCNC(=O)[C@@H](OS(=O)(=O)c1ccc(C)cc1)c1ccccc1. The molecule has 0 saturated carbocycles. The van der Waals surface area contributed by atoms with Crippen molar-refractivity contribution in [3.63, 3.8) is 0 Å². The molecule has 1 amide bonds. The molecule has 2 aromatic rings. The third kappa shape index (κ3) is 5.41. The normalized spacial score (nSPS) is 12.6. The van der Waals surface area contributed by atoms with Crippen molar-refractivity contribution in [1.82, 2.24) is 5.32 Å². The van der Waals surface area contributed by atoms with Gasteiger partial charge in [-0.2, -0.15) is 8.42 Å². The summed E-state index contributed by atoms with van der Waals surface area (Å²) in [5.41, 5.74) is 1.43. The Morgan fingerprint density at radius 1 is 1.08 bits per heavy atom. The van der Waals surface area contributed by atoms with E-state index in [0.29, 0.717) is 12.1 Å². The largest absolute Gasteiger partial charge is 0.353 e. The summed E-state index contributed by atoms with van der Waals surface area (Å²) in [7, 11) is -4.06. The average Bonchev–Trinajstić information content (AvgIpc) is 2.61. The quantitative estimate of drug-likeness (QED) is 0.578. The van der Waals surface area contributed by atoms with Crippen LogP contribution in [0.4, 0.5) is 0 Å². The zero-order chi connectivity index (χ0) is 18.3. The van der Waals surface area contributed by atoms with Crippen molar-refractivity contribution in [2.45, 2.75) is 37.7 Å². The lowest BCUT2D eigenvalue weighted by Crippen LogP contribution is -2.32. The summed E-state index contributed by atoms with van der Waals surface area (Å²) in [6, 6.07) is 15.0. The highest BCUT2D eigenvalue weighted by Gasteiger charge is 2.28. The third-order valence-electron chi connectivity index (χ3n) is 3.70. The molecule has 0 saturated heterocycles. The van der Waals surface area contributed by atoms with Crippen molar-refractivity contribution in [2.24, 2.45) is 0 Å². The van der Waals surface area contributed by atoms with Gasteiger partial charge in [0.05, 0.1) is 4.90 Å². The lowest BCUT2D eigenvalue weighted by Gasteiger charge is -2.18. The van der Waals surface area contributed by atoms with Crippen LogP contribution in [0.5, 0.6) is 0 Å². The molecule has 6 heteroatoms. The average molecular weight is 361 g/mol. The molecule has 5 nitrogen and oxygen atoms in total. The maximum atomic E-state index is 12.6. The van der Waals surface area contributed by atoms with Crippen LogP contribution >= 0.6 is 0 Å². The fraction of sp³-hybridized carbons (Fsp3) is 0.316. The van der Waals surface area contributed by atoms with Crippen LogP contribution in [0.15, 0.2) is 59.5 Å². The first-order chi connectivity index (χ1) is 11.9. The van der Waals surface area contributed by atoms with Crippen LogP contribution < -0.4 is 5.32 Å². The monoisotopic (exact) mass is 361 g/mol. The molecule has 0 unspecified atom stereocenters. The molecule has 0 radical (unpaired) electrons. The second-order valence-electron chi connectivity index (χ2n) is 5.80. The van der Waals surface area contributed by atoms with Crippen molar-refractivity contribution in [3.05, 3.63) is 65.7 Å². The highest BCUT2D eigenvalue weighted by Crippen LogP contribution is 2.24. The van der Waals surface area contributed by atoms with Crippen LogP contribution in [-0.2, 0) is 19.1 Å². The number of nitrogens with one attached hydrogen (secondary N) is 1. The van der Waals surface area contributed by atoms with E-state index >= 15 is 0 Å². The van der Waals surface area contributed by atoms with E-state index in [9.17, 15) is 13.2 Å². The Kier molecular flexibility index (Phi) is 6.73. The fourth-order valence-electron chi connectivity index (χ4n) is 2.25. The van der Waals surface area contributed by atoms with Crippen molar-refractivity contribution in [1.29, 1.82) is 0 Å². The number of amides is 1. The van der Waals surface area contributed by atoms with Crippen molar-refractivity contribution >= 4 is 16.0 Å². The summed E-state index contributed by atoms with van der Waals surface area (Å²) >= 11 is 0. The van der Waals surface area contributed by atoms with Crippen molar-refractivity contribution in [2.75, 3.05) is 6.54 Å². The predicted octanol–water partition coefficient (Wildman–Crippen LogP) is 3.36. The molecular weight excluding hydrogens is 338 g/mol. The Hall–Kier alpha value is -2.18. The summed E-state index contributed by atoms with van der Waals surface area (Å²) in [5.74, 6) is -0.463. The van der Waals surface area contributed by atoms with Gasteiger partial charge >= 0.3 is 0 Å². The minimum atomic E-state index is -4.06. The minimum Gasteiger partial charge on any atom is -0.353 e. The highest BCUT2D eigenvalue weighted by molar-refractivity contribution is 7.86. The second-order valence-corrected chi connectivity index (χ2v) is 7.37. The van der Waals surface area contributed by atoms with Gasteiger partial charge < -0.3 is 5.32 Å². The third-order valence-corrected chi connectivity index (χ3v) is 5.00. The molecule has 0 aliphatic rings. The van der Waals surface area contributed by atoms with Crippen LogP contribution in [0, 0.1) is 6.92 Å². The summed E-state index contributed by atoms with van der Waals surface area (Å²) in [6.45, 7) is 4.36. The Morgan fingerprint density at radius 3 is 2.32 bits per heavy atom. The number of rotatable bonds is 8. The van der Waals surface area contributed by atoms with E-state index in [4.69, 9.17) is 4.18 Å². The first-order valence-corrected chi connectivity index (χ1v) is 9.67. The molecule has 1 N–H and O–H groups in total. The summed E-state index contributed by atoms with van der Waals surface area (Å²) < 4.78 is 30.4. The molecule has 0 aromatic heterocycles. The molecule has 2 aromatic carbocycles. The smallest absolute Gasteiger partial charge is 0.298 e. The zero-order valence-corrected chi connectivity index (χ0v) is 15.3. The van der Waals surface area contributed by atoms with Gasteiger partial charge in [-0.3, -0.25) is 4.79 Å². The fourth-order valence-corrected chi connectivity index (χ4v) is 3.28. The minimum absolute atomic E-state index is 0.0281. The number of carbonyl (C=O) groups is 1. The molecule has 0 heterocycles. The van der Waals surface area contributed by atoms with E-state index in [1.807, 2.05) is 13.8 Å². The lowest BCUT2D eigenvalue weighted by atomic mass is 10.1. The van der Waals surface area contributed by atoms with Crippen LogP contribution in [0.2, 0.25) is 0 Å². The van der Waals surface area contributed by atoms with Crippen molar-refractivity contribution in [3.8, 4) is 0 Å². The Bertz CT molecular complexity index is 786. The molecule has 2 rings (SSSR count).